The predicted molar refractivity (Wildman–Crippen MR) is 68.3 cm³/mol. The molecule has 3 nitrogen and oxygen atoms in total. The third-order valence-corrected chi connectivity index (χ3v) is 3.63. The van der Waals surface area contributed by atoms with Crippen molar-refractivity contribution in [2.45, 2.75) is 26.3 Å². The Labute approximate surface area is 103 Å². The third-order valence-electron chi connectivity index (χ3n) is 3.63. The van der Waals surface area contributed by atoms with Crippen molar-refractivity contribution < 1.29 is 9.84 Å². The first-order valence-electron chi connectivity index (χ1n) is 6.31. The molecule has 2 rings (SSSR count). The SMILES string of the molecule is CCC1CCN(Cc2cc(OC)ccc2O)C1. The van der Waals surface area contributed by atoms with Crippen LogP contribution in [-0.2, 0) is 6.54 Å². The zero-order valence-corrected chi connectivity index (χ0v) is 10.6. The van der Waals surface area contributed by atoms with Crippen molar-refractivity contribution in [3.8, 4) is 11.5 Å². The Morgan fingerprint density at radius 2 is 2.29 bits per heavy atom. The average molecular weight is 235 g/mol. The van der Waals surface area contributed by atoms with Gasteiger partial charge in [-0.25, -0.2) is 0 Å². The van der Waals surface area contributed by atoms with Crippen molar-refractivity contribution in [3.63, 3.8) is 0 Å². The van der Waals surface area contributed by atoms with Crippen LogP contribution in [0.5, 0.6) is 11.5 Å². The summed E-state index contributed by atoms with van der Waals surface area (Å²) < 4.78 is 5.19. The van der Waals surface area contributed by atoms with Crippen molar-refractivity contribution in [2.24, 2.45) is 5.92 Å². The molecule has 1 aliphatic heterocycles. The molecule has 0 saturated carbocycles. The first-order chi connectivity index (χ1) is 8.22. The Morgan fingerprint density at radius 3 is 2.94 bits per heavy atom. The summed E-state index contributed by atoms with van der Waals surface area (Å²) in [6, 6.07) is 5.42. The number of benzene rings is 1. The Morgan fingerprint density at radius 1 is 1.47 bits per heavy atom. The molecule has 0 aromatic heterocycles. The Kier molecular flexibility index (Phi) is 3.89. The number of methoxy groups -OCH3 is 1. The smallest absolute Gasteiger partial charge is 0.120 e. The molecule has 1 aromatic carbocycles. The molecule has 0 aliphatic carbocycles. The topological polar surface area (TPSA) is 32.7 Å². The van der Waals surface area contributed by atoms with Crippen LogP contribution in [0.15, 0.2) is 18.2 Å². The van der Waals surface area contributed by atoms with Crippen LogP contribution < -0.4 is 4.74 Å². The molecule has 3 heteroatoms. The summed E-state index contributed by atoms with van der Waals surface area (Å²) >= 11 is 0. The second-order valence-corrected chi connectivity index (χ2v) is 4.79. The lowest BCUT2D eigenvalue weighted by molar-refractivity contribution is 0.308. The lowest BCUT2D eigenvalue weighted by atomic mass is 10.1. The minimum atomic E-state index is 0.366. The van der Waals surface area contributed by atoms with Crippen LogP contribution in [0, 0.1) is 5.92 Å². The van der Waals surface area contributed by atoms with Crippen molar-refractivity contribution in [3.05, 3.63) is 23.8 Å². The zero-order valence-electron chi connectivity index (χ0n) is 10.6. The van der Waals surface area contributed by atoms with Gasteiger partial charge in [0.05, 0.1) is 7.11 Å². The van der Waals surface area contributed by atoms with Crippen LogP contribution in [0.1, 0.15) is 25.3 Å². The molecular formula is C14H21NO2. The highest BCUT2D eigenvalue weighted by Crippen LogP contribution is 2.27. The van der Waals surface area contributed by atoms with Gasteiger partial charge in [0.25, 0.3) is 0 Å². The molecule has 1 heterocycles. The largest absolute Gasteiger partial charge is 0.508 e. The number of phenolic OH excluding ortho intramolecular Hbond substituents is 1. The first kappa shape index (κ1) is 12.2. The molecule has 1 saturated heterocycles. The Balaban J connectivity index is 2.03. The number of aromatic hydroxyl groups is 1. The summed E-state index contributed by atoms with van der Waals surface area (Å²) in [5.74, 6) is 2.00. The van der Waals surface area contributed by atoms with Crippen LogP contribution in [0.3, 0.4) is 0 Å². The third kappa shape index (κ3) is 2.91. The van der Waals surface area contributed by atoms with Gasteiger partial charge in [0.15, 0.2) is 0 Å². The summed E-state index contributed by atoms with van der Waals surface area (Å²) in [5.41, 5.74) is 0.959. The van der Waals surface area contributed by atoms with Gasteiger partial charge in [-0.1, -0.05) is 13.3 Å². The molecule has 0 bridgehead atoms. The number of hydrogen-bond donors (Lipinski definition) is 1. The first-order valence-corrected chi connectivity index (χ1v) is 6.31. The van der Waals surface area contributed by atoms with Crippen molar-refractivity contribution in [1.82, 2.24) is 4.90 Å². The fourth-order valence-electron chi connectivity index (χ4n) is 2.45. The van der Waals surface area contributed by atoms with E-state index in [0.29, 0.717) is 5.75 Å². The predicted octanol–water partition coefficient (Wildman–Crippen LogP) is 2.63. The van der Waals surface area contributed by atoms with Crippen molar-refractivity contribution >= 4 is 0 Å². The normalized spacial score (nSPS) is 20.7. The summed E-state index contributed by atoms with van der Waals surface area (Å²) in [4.78, 5) is 2.41. The molecule has 0 radical (unpaired) electrons. The molecule has 1 N–H and O–H groups in total. The second kappa shape index (κ2) is 5.41. The minimum absolute atomic E-state index is 0.366. The van der Waals surface area contributed by atoms with Gasteiger partial charge in [0.1, 0.15) is 11.5 Å². The fourth-order valence-corrected chi connectivity index (χ4v) is 2.45. The average Bonchev–Trinajstić information content (AvgIpc) is 2.80. The maximum absolute atomic E-state index is 9.83. The summed E-state index contributed by atoms with van der Waals surface area (Å²) in [7, 11) is 1.65. The van der Waals surface area contributed by atoms with Crippen LogP contribution >= 0.6 is 0 Å². The maximum Gasteiger partial charge on any atom is 0.120 e. The lowest BCUT2D eigenvalue weighted by Crippen LogP contribution is -2.20. The molecule has 17 heavy (non-hydrogen) atoms. The number of rotatable bonds is 4. The molecular weight excluding hydrogens is 214 g/mol. The second-order valence-electron chi connectivity index (χ2n) is 4.79. The monoisotopic (exact) mass is 235 g/mol. The van der Waals surface area contributed by atoms with E-state index in [1.165, 1.54) is 12.8 Å². The van der Waals surface area contributed by atoms with E-state index in [2.05, 4.69) is 11.8 Å². The van der Waals surface area contributed by atoms with Crippen LogP contribution in [0.4, 0.5) is 0 Å². The van der Waals surface area contributed by atoms with Crippen LogP contribution in [0.2, 0.25) is 0 Å². The number of ether oxygens (including phenoxy) is 1. The van der Waals surface area contributed by atoms with Gasteiger partial charge in [-0.3, -0.25) is 4.90 Å². The molecule has 94 valence electrons. The fraction of sp³-hybridized carbons (Fsp3) is 0.571. The van der Waals surface area contributed by atoms with Gasteiger partial charge in [0.2, 0.25) is 0 Å². The van der Waals surface area contributed by atoms with E-state index in [0.717, 1.165) is 36.9 Å². The summed E-state index contributed by atoms with van der Waals surface area (Å²) in [6.07, 6.45) is 2.53. The summed E-state index contributed by atoms with van der Waals surface area (Å²) in [6.45, 7) is 5.35. The maximum atomic E-state index is 9.83. The van der Waals surface area contributed by atoms with E-state index in [1.807, 2.05) is 6.07 Å². The highest BCUT2D eigenvalue weighted by Gasteiger charge is 2.21. The van der Waals surface area contributed by atoms with E-state index in [-0.39, 0.29) is 0 Å². The van der Waals surface area contributed by atoms with Crippen molar-refractivity contribution in [1.29, 1.82) is 0 Å². The van der Waals surface area contributed by atoms with Gasteiger partial charge in [-0.2, -0.15) is 0 Å². The number of likely N-dealkylation sites (tertiary alicyclic amines) is 1. The molecule has 1 aromatic rings. The lowest BCUT2D eigenvalue weighted by Gasteiger charge is -2.17. The number of hydrogen-bond acceptors (Lipinski definition) is 3. The highest BCUT2D eigenvalue weighted by molar-refractivity contribution is 5.39. The van der Waals surface area contributed by atoms with Gasteiger partial charge < -0.3 is 9.84 Å². The molecule has 0 amide bonds. The molecule has 1 atom stereocenters. The quantitative estimate of drug-likeness (QED) is 0.870. The number of phenols is 1. The van der Waals surface area contributed by atoms with Gasteiger partial charge in [-0.15, -0.1) is 0 Å². The standard InChI is InChI=1S/C14H21NO2/c1-3-11-6-7-15(9-11)10-12-8-13(17-2)4-5-14(12)16/h4-5,8,11,16H,3,6-7,9-10H2,1-2H3. The van der Waals surface area contributed by atoms with Gasteiger partial charge in [0, 0.05) is 18.7 Å². The molecule has 1 unspecified atom stereocenters. The van der Waals surface area contributed by atoms with E-state index >= 15 is 0 Å². The van der Waals surface area contributed by atoms with Gasteiger partial charge >= 0.3 is 0 Å². The van der Waals surface area contributed by atoms with E-state index in [9.17, 15) is 5.11 Å². The van der Waals surface area contributed by atoms with E-state index in [1.54, 1.807) is 19.2 Å². The van der Waals surface area contributed by atoms with Crippen LogP contribution in [0.25, 0.3) is 0 Å². The Hall–Kier alpha value is -1.22. The summed E-state index contributed by atoms with van der Waals surface area (Å²) in [5, 5.41) is 9.83. The molecule has 1 fully saturated rings. The minimum Gasteiger partial charge on any atom is -0.508 e. The van der Waals surface area contributed by atoms with Crippen molar-refractivity contribution in [2.75, 3.05) is 20.2 Å². The zero-order chi connectivity index (χ0) is 12.3. The highest BCUT2D eigenvalue weighted by atomic mass is 16.5. The molecule has 0 spiro atoms. The van der Waals surface area contributed by atoms with E-state index in [4.69, 9.17) is 4.74 Å². The van der Waals surface area contributed by atoms with E-state index < -0.39 is 0 Å². The number of nitrogens with zero attached hydrogens (tertiary/aromatic N) is 1. The Bertz CT molecular complexity index is 378. The van der Waals surface area contributed by atoms with Gasteiger partial charge in [-0.05, 0) is 37.1 Å². The molecule has 1 aliphatic rings. The van der Waals surface area contributed by atoms with Crippen LogP contribution in [-0.4, -0.2) is 30.2 Å².